The molecule has 0 fully saturated rings. The van der Waals surface area contributed by atoms with Crippen LogP contribution in [0.5, 0.6) is 0 Å². The second kappa shape index (κ2) is 8.80. The van der Waals surface area contributed by atoms with Crippen molar-refractivity contribution < 1.29 is 13.2 Å². The van der Waals surface area contributed by atoms with E-state index in [0.717, 1.165) is 14.7 Å². The lowest BCUT2D eigenvalue weighted by Crippen LogP contribution is -2.23. The van der Waals surface area contributed by atoms with E-state index in [9.17, 15) is 13.2 Å². The number of hydrogen-bond donors (Lipinski definition) is 1. The Bertz CT molecular complexity index is 1210. The molecule has 5 nitrogen and oxygen atoms in total. The molecule has 3 aromatic rings. The smallest absolute Gasteiger partial charge is 0.257 e. The van der Waals surface area contributed by atoms with Crippen molar-refractivity contribution in [3.63, 3.8) is 0 Å². The number of benzene rings is 2. The van der Waals surface area contributed by atoms with Gasteiger partial charge in [0.15, 0.2) is 0 Å². The maximum atomic E-state index is 12.7. The Labute approximate surface area is 179 Å². The molecule has 0 unspecified atom stereocenters. The highest BCUT2D eigenvalue weighted by atomic mass is 35.5. The summed E-state index contributed by atoms with van der Waals surface area (Å²) in [6.45, 7) is 0. The molecule has 29 heavy (non-hydrogen) atoms. The van der Waals surface area contributed by atoms with Crippen LogP contribution in [0.1, 0.15) is 20.8 Å². The maximum Gasteiger partial charge on any atom is 0.257 e. The molecular formula is C21H17ClN2O3S2. The van der Waals surface area contributed by atoms with Crippen LogP contribution in [0.25, 0.3) is 0 Å². The first-order valence-corrected chi connectivity index (χ1v) is 11.2. The Morgan fingerprint density at radius 2 is 1.86 bits per heavy atom. The molecule has 0 radical (unpaired) electrons. The van der Waals surface area contributed by atoms with Crippen molar-refractivity contribution in [1.29, 1.82) is 0 Å². The molecule has 3 rings (SSSR count). The van der Waals surface area contributed by atoms with Gasteiger partial charge in [-0.2, -0.15) is 0 Å². The van der Waals surface area contributed by atoms with E-state index in [2.05, 4.69) is 17.2 Å². The number of carbonyl (C=O) groups excluding carboxylic acids is 1. The van der Waals surface area contributed by atoms with Crippen LogP contribution in [0.3, 0.4) is 0 Å². The molecule has 0 aliphatic rings. The van der Waals surface area contributed by atoms with Gasteiger partial charge < -0.3 is 5.32 Å². The number of thiophene rings is 1. The van der Waals surface area contributed by atoms with Crippen LogP contribution in [0, 0.1) is 11.8 Å². The molecule has 1 heterocycles. The molecule has 148 valence electrons. The summed E-state index contributed by atoms with van der Waals surface area (Å²) in [7, 11) is -0.835. The van der Waals surface area contributed by atoms with Gasteiger partial charge in [0.2, 0.25) is 10.0 Å². The molecule has 0 atom stereocenters. The van der Waals surface area contributed by atoms with Gasteiger partial charge in [-0.15, -0.1) is 11.3 Å². The number of sulfonamides is 1. The lowest BCUT2D eigenvalue weighted by atomic mass is 10.1. The van der Waals surface area contributed by atoms with Gasteiger partial charge in [-0.05, 0) is 47.8 Å². The highest BCUT2D eigenvalue weighted by Crippen LogP contribution is 2.23. The zero-order valence-electron chi connectivity index (χ0n) is 15.6. The van der Waals surface area contributed by atoms with E-state index < -0.39 is 15.9 Å². The van der Waals surface area contributed by atoms with Gasteiger partial charge in [0, 0.05) is 25.3 Å². The van der Waals surface area contributed by atoms with Crippen LogP contribution in [-0.2, 0) is 10.0 Å². The standard InChI is InChI=1S/C21H17ClN2O3S2/c1-24(2)29(26,27)18-10-11-20(22)19(14-18)21(25)23-16-6-3-5-15(13-16)8-9-17-7-4-12-28-17/h3-7,10-14H,1-2H3,(H,23,25). The second-order valence-electron chi connectivity index (χ2n) is 6.19. The fourth-order valence-electron chi connectivity index (χ4n) is 2.41. The minimum Gasteiger partial charge on any atom is -0.322 e. The second-order valence-corrected chi connectivity index (χ2v) is 9.70. The molecule has 2 aromatic carbocycles. The van der Waals surface area contributed by atoms with E-state index in [1.54, 1.807) is 29.5 Å². The van der Waals surface area contributed by atoms with E-state index in [0.29, 0.717) is 5.69 Å². The minimum absolute atomic E-state index is 0.00684. The molecule has 1 amide bonds. The maximum absolute atomic E-state index is 12.7. The van der Waals surface area contributed by atoms with Gasteiger partial charge in [-0.3, -0.25) is 4.79 Å². The van der Waals surface area contributed by atoms with Crippen molar-refractivity contribution in [3.05, 3.63) is 81.0 Å². The number of anilines is 1. The van der Waals surface area contributed by atoms with Crippen molar-refractivity contribution in [2.75, 3.05) is 19.4 Å². The SMILES string of the molecule is CN(C)S(=O)(=O)c1ccc(Cl)c(C(=O)Nc2cccc(C#Cc3cccs3)c2)c1. The molecule has 0 aliphatic heterocycles. The van der Waals surface area contributed by atoms with E-state index >= 15 is 0 Å². The number of halogens is 1. The lowest BCUT2D eigenvalue weighted by molar-refractivity contribution is 0.102. The summed E-state index contributed by atoms with van der Waals surface area (Å²) in [4.78, 5) is 13.6. The third-order valence-corrected chi connectivity index (χ3v) is 6.86. The van der Waals surface area contributed by atoms with Gasteiger partial charge in [-0.25, -0.2) is 12.7 Å². The first-order chi connectivity index (χ1) is 13.8. The Kier molecular flexibility index (Phi) is 6.40. The summed E-state index contributed by atoms with van der Waals surface area (Å²) >= 11 is 7.69. The Morgan fingerprint density at radius 1 is 1.07 bits per heavy atom. The summed E-state index contributed by atoms with van der Waals surface area (Å²) in [5.74, 6) is 5.61. The van der Waals surface area contributed by atoms with Crippen molar-refractivity contribution >= 4 is 44.6 Å². The molecule has 0 spiro atoms. The number of nitrogens with one attached hydrogen (secondary N) is 1. The topological polar surface area (TPSA) is 66.5 Å². The minimum atomic E-state index is -3.68. The molecule has 1 aromatic heterocycles. The molecular weight excluding hydrogens is 428 g/mol. The molecule has 0 saturated heterocycles. The lowest BCUT2D eigenvalue weighted by Gasteiger charge is -2.13. The third-order valence-electron chi connectivity index (χ3n) is 3.93. The summed E-state index contributed by atoms with van der Waals surface area (Å²) in [6, 6.07) is 15.0. The number of hydrogen-bond acceptors (Lipinski definition) is 4. The van der Waals surface area contributed by atoms with Crippen molar-refractivity contribution in [1.82, 2.24) is 4.31 Å². The average Bonchev–Trinajstić information content (AvgIpc) is 3.20. The molecule has 0 saturated carbocycles. The average molecular weight is 445 g/mol. The van der Waals surface area contributed by atoms with Gasteiger partial charge >= 0.3 is 0 Å². The van der Waals surface area contributed by atoms with E-state index in [4.69, 9.17) is 11.6 Å². The van der Waals surface area contributed by atoms with Crippen molar-refractivity contribution in [2.45, 2.75) is 4.90 Å². The summed E-state index contributed by atoms with van der Waals surface area (Å²) in [5, 5.41) is 4.86. The Balaban J connectivity index is 1.85. The summed E-state index contributed by atoms with van der Waals surface area (Å²) in [6.07, 6.45) is 0. The predicted octanol–water partition coefficient (Wildman–Crippen LogP) is 4.30. The van der Waals surface area contributed by atoms with Crippen molar-refractivity contribution in [3.8, 4) is 11.8 Å². The van der Waals surface area contributed by atoms with Crippen LogP contribution >= 0.6 is 22.9 Å². The van der Waals surface area contributed by atoms with Crippen LogP contribution in [0.2, 0.25) is 5.02 Å². The molecule has 0 aliphatic carbocycles. The third kappa shape index (κ3) is 5.05. The zero-order valence-corrected chi connectivity index (χ0v) is 18.0. The van der Waals surface area contributed by atoms with E-state index in [1.165, 1.54) is 32.3 Å². The number of rotatable bonds is 4. The molecule has 8 heteroatoms. The summed E-state index contributed by atoms with van der Waals surface area (Å²) < 4.78 is 25.7. The summed E-state index contributed by atoms with van der Waals surface area (Å²) in [5.41, 5.74) is 1.35. The van der Waals surface area contributed by atoms with E-state index in [-0.39, 0.29) is 15.5 Å². The number of carbonyl (C=O) groups is 1. The monoisotopic (exact) mass is 444 g/mol. The van der Waals surface area contributed by atoms with Crippen molar-refractivity contribution in [2.24, 2.45) is 0 Å². The van der Waals surface area contributed by atoms with Crippen LogP contribution in [-0.4, -0.2) is 32.7 Å². The fraction of sp³-hybridized carbons (Fsp3) is 0.0952. The highest BCUT2D eigenvalue weighted by molar-refractivity contribution is 7.89. The van der Waals surface area contributed by atoms with Gasteiger partial charge in [0.1, 0.15) is 0 Å². The Morgan fingerprint density at radius 3 is 2.55 bits per heavy atom. The normalized spacial score (nSPS) is 11.0. The van der Waals surface area contributed by atoms with Gasteiger partial charge in [-0.1, -0.05) is 35.6 Å². The number of amides is 1. The largest absolute Gasteiger partial charge is 0.322 e. The molecule has 0 bridgehead atoms. The van der Waals surface area contributed by atoms with Gasteiger partial charge in [0.05, 0.1) is 20.4 Å². The zero-order chi connectivity index (χ0) is 21.0. The molecule has 1 N–H and O–H groups in total. The van der Waals surface area contributed by atoms with Crippen LogP contribution in [0.15, 0.2) is 64.9 Å². The highest BCUT2D eigenvalue weighted by Gasteiger charge is 2.20. The van der Waals surface area contributed by atoms with Crippen LogP contribution < -0.4 is 5.32 Å². The fourth-order valence-corrected chi connectivity index (χ4v) is 4.11. The van der Waals surface area contributed by atoms with Gasteiger partial charge in [0.25, 0.3) is 5.91 Å². The quantitative estimate of drug-likeness (QED) is 0.610. The number of nitrogens with zero attached hydrogens (tertiary/aromatic N) is 1. The van der Waals surface area contributed by atoms with Crippen LogP contribution in [0.4, 0.5) is 5.69 Å². The first kappa shape index (κ1) is 21.1. The predicted molar refractivity (Wildman–Crippen MR) is 117 cm³/mol. The van der Waals surface area contributed by atoms with E-state index in [1.807, 2.05) is 23.6 Å². The Hall–Kier alpha value is -2.63. The first-order valence-electron chi connectivity index (χ1n) is 8.46.